The largest absolute Gasteiger partial charge is 0.297 e. The molecule has 0 spiro atoms. The number of hydrogen-bond donors (Lipinski definition) is 0. The van der Waals surface area contributed by atoms with Crippen LogP contribution in [0.5, 0.6) is 0 Å². The minimum atomic E-state index is -0.143. The SMILES string of the molecule is C#CCCn1cnc(Cl)c(I)c1=O. The predicted octanol–water partition coefficient (Wildman–Crippen LogP) is 1.52. The molecular weight excluding hydrogens is 302 g/mol. The Morgan fingerprint density at radius 2 is 2.46 bits per heavy atom. The summed E-state index contributed by atoms with van der Waals surface area (Å²) in [7, 11) is 0. The lowest BCUT2D eigenvalue weighted by molar-refractivity contribution is 0.668. The molecule has 0 unspecified atom stereocenters. The lowest BCUT2D eigenvalue weighted by Crippen LogP contribution is -2.23. The Morgan fingerprint density at radius 1 is 1.77 bits per heavy atom. The van der Waals surface area contributed by atoms with Crippen LogP contribution < -0.4 is 5.56 Å². The van der Waals surface area contributed by atoms with Gasteiger partial charge in [-0.1, -0.05) is 11.6 Å². The van der Waals surface area contributed by atoms with Crippen LogP contribution in [0.2, 0.25) is 5.15 Å². The summed E-state index contributed by atoms with van der Waals surface area (Å²) in [6, 6.07) is 0. The summed E-state index contributed by atoms with van der Waals surface area (Å²) in [5.41, 5.74) is -0.143. The van der Waals surface area contributed by atoms with E-state index >= 15 is 0 Å². The average molecular weight is 309 g/mol. The number of rotatable bonds is 2. The van der Waals surface area contributed by atoms with E-state index in [1.54, 1.807) is 0 Å². The van der Waals surface area contributed by atoms with Crippen molar-refractivity contribution in [3.05, 3.63) is 25.4 Å². The standard InChI is InChI=1S/C8H6ClIN2O/c1-2-3-4-12-5-11-7(9)6(10)8(12)13/h1,5H,3-4H2. The van der Waals surface area contributed by atoms with Crippen molar-refractivity contribution in [2.45, 2.75) is 13.0 Å². The molecule has 0 aliphatic carbocycles. The first-order chi connectivity index (χ1) is 6.16. The highest BCUT2D eigenvalue weighted by molar-refractivity contribution is 14.1. The number of aromatic nitrogens is 2. The lowest BCUT2D eigenvalue weighted by Gasteiger charge is -2.02. The molecule has 0 saturated heterocycles. The summed E-state index contributed by atoms with van der Waals surface area (Å²) in [4.78, 5) is 15.3. The van der Waals surface area contributed by atoms with E-state index in [2.05, 4.69) is 10.9 Å². The van der Waals surface area contributed by atoms with E-state index in [9.17, 15) is 4.79 Å². The molecule has 0 atom stereocenters. The van der Waals surface area contributed by atoms with E-state index in [1.807, 2.05) is 22.6 Å². The zero-order valence-corrected chi connectivity index (χ0v) is 9.54. The maximum atomic E-state index is 11.5. The van der Waals surface area contributed by atoms with Gasteiger partial charge in [0.05, 0.1) is 6.33 Å². The van der Waals surface area contributed by atoms with Crippen LogP contribution in [0.1, 0.15) is 6.42 Å². The van der Waals surface area contributed by atoms with E-state index < -0.39 is 0 Å². The Hall–Kier alpha value is -0.540. The molecule has 1 aromatic heterocycles. The fourth-order valence-electron chi connectivity index (χ4n) is 0.788. The molecule has 1 heterocycles. The summed E-state index contributed by atoms with van der Waals surface area (Å²) < 4.78 is 1.88. The Kier molecular flexibility index (Phi) is 3.75. The van der Waals surface area contributed by atoms with Crippen LogP contribution >= 0.6 is 34.2 Å². The number of halogens is 2. The molecule has 0 aliphatic rings. The Labute approximate surface area is 94.3 Å². The van der Waals surface area contributed by atoms with E-state index in [-0.39, 0.29) is 10.7 Å². The molecule has 68 valence electrons. The molecule has 0 radical (unpaired) electrons. The quantitative estimate of drug-likeness (QED) is 0.472. The van der Waals surface area contributed by atoms with Gasteiger partial charge >= 0.3 is 0 Å². The second-order valence-corrected chi connectivity index (χ2v) is 3.74. The number of nitrogens with zero attached hydrogens (tertiary/aromatic N) is 2. The molecule has 0 saturated carbocycles. The molecule has 1 aromatic rings. The normalized spacial score (nSPS) is 9.62. The summed E-state index contributed by atoms with van der Waals surface area (Å²) in [5.74, 6) is 2.45. The Morgan fingerprint density at radius 3 is 3.08 bits per heavy atom. The number of hydrogen-bond acceptors (Lipinski definition) is 2. The average Bonchev–Trinajstić information content (AvgIpc) is 2.13. The highest BCUT2D eigenvalue weighted by Gasteiger charge is 2.05. The molecule has 13 heavy (non-hydrogen) atoms. The minimum absolute atomic E-state index is 0.143. The second kappa shape index (κ2) is 4.63. The highest BCUT2D eigenvalue weighted by Crippen LogP contribution is 2.09. The molecule has 0 fully saturated rings. The van der Waals surface area contributed by atoms with Crippen molar-refractivity contribution in [2.24, 2.45) is 0 Å². The Bertz CT molecular complexity index is 408. The first-order valence-corrected chi connectivity index (χ1v) is 4.96. The van der Waals surface area contributed by atoms with Crippen molar-refractivity contribution >= 4 is 34.2 Å². The first kappa shape index (κ1) is 10.5. The lowest BCUT2D eigenvalue weighted by atomic mass is 10.4. The summed E-state index contributed by atoms with van der Waals surface area (Å²) in [5, 5.41) is 0.238. The molecule has 0 N–H and O–H groups in total. The van der Waals surface area contributed by atoms with E-state index in [4.69, 9.17) is 18.0 Å². The molecule has 0 aliphatic heterocycles. The molecule has 0 bridgehead atoms. The monoisotopic (exact) mass is 308 g/mol. The van der Waals surface area contributed by atoms with Gasteiger partial charge in [0.25, 0.3) is 5.56 Å². The third-order valence-corrected chi connectivity index (χ3v) is 3.01. The van der Waals surface area contributed by atoms with Gasteiger partial charge in [-0.3, -0.25) is 9.36 Å². The van der Waals surface area contributed by atoms with E-state index in [0.29, 0.717) is 16.5 Å². The van der Waals surface area contributed by atoms with Gasteiger partial charge in [0.1, 0.15) is 8.72 Å². The molecule has 3 nitrogen and oxygen atoms in total. The molecule has 0 aromatic carbocycles. The van der Waals surface area contributed by atoms with Crippen LogP contribution in [-0.4, -0.2) is 9.55 Å². The van der Waals surface area contributed by atoms with Gasteiger partial charge in [0.2, 0.25) is 0 Å². The smallest absolute Gasteiger partial charge is 0.268 e. The number of terminal acetylenes is 1. The van der Waals surface area contributed by atoms with Crippen LogP contribution in [0.4, 0.5) is 0 Å². The fourth-order valence-corrected chi connectivity index (χ4v) is 1.36. The second-order valence-electron chi connectivity index (χ2n) is 2.30. The maximum Gasteiger partial charge on any atom is 0.268 e. The van der Waals surface area contributed by atoms with Crippen molar-refractivity contribution < 1.29 is 0 Å². The summed E-state index contributed by atoms with van der Waals surface area (Å²) in [6.45, 7) is 0.482. The van der Waals surface area contributed by atoms with Crippen LogP contribution in [0.15, 0.2) is 11.1 Å². The zero-order chi connectivity index (χ0) is 9.84. The first-order valence-electron chi connectivity index (χ1n) is 3.50. The fraction of sp³-hybridized carbons (Fsp3) is 0.250. The topological polar surface area (TPSA) is 34.9 Å². The van der Waals surface area contributed by atoms with Crippen molar-refractivity contribution in [1.82, 2.24) is 9.55 Å². The van der Waals surface area contributed by atoms with Gasteiger partial charge in [0, 0.05) is 13.0 Å². The molecule has 1 rings (SSSR count). The van der Waals surface area contributed by atoms with Gasteiger partial charge in [-0.15, -0.1) is 12.3 Å². The Balaban J connectivity index is 3.06. The summed E-state index contributed by atoms with van der Waals surface area (Å²) >= 11 is 7.51. The van der Waals surface area contributed by atoms with Gasteiger partial charge in [-0.25, -0.2) is 4.98 Å². The highest BCUT2D eigenvalue weighted by atomic mass is 127. The van der Waals surface area contributed by atoms with Crippen molar-refractivity contribution in [3.63, 3.8) is 0 Å². The van der Waals surface area contributed by atoms with Crippen LogP contribution in [0.25, 0.3) is 0 Å². The summed E-state index contributed by atoms with van der Waals surface area (Å²) in [6.07, 6.45) is 7.00. The predicted molar refractivity (Wildman–Crippen MR) is 59.7 cm³/mol. The molecular formula is C8H6ClIN2O. The van der Waals surface area contributed by atoms with Crippen molar-refractivity contribution in [1.29, 1.82) is 0 Å². The number of aryl methyl sites for hydroxylation is 1. The third-order valence-electron chi connectivity index (χ3n) is 1.44. The van der Waals surface area contributed by atoms with E-state index in [0.717, 1.165) is 0 Å². The third kappa shape index (κ3) is 2.45. The zero-order valence-electron chi connectivity index (χ0n) is 6.63. The van der Waals surface area contributed by atoms with Crippen molar-refractivity contribution in [3.8, 4) is 12.3 Å². The van der Waals surface area contributed by atoms with Gasteiger partial charge < -0.3 is 0 Å². The van der Waals surface area contributed by atoms with Crippen molar-refractivity contribution in [2.75, 3.05) is 0 Å². The van der Waals surface area contributed by atoms with Gasteiger partial charge in [-0.2, -0.15) is 0 Å². The van der Waals surface area contributed by atoms with Crippen LogP contribution in [0, 0.1) is 15.9 Å². The van der Waals surface area contributed by atoms with Crippen LogP contribution in [-0.2, 0) is 6.54 Å². The van der Waals surface area contributed by atoms with Gasteiger partial charge in [0.15, 0.2) is 0 Å². The molecule has 0 amide bonds. The maximum absolute atomic E-state index is 11.5. The van der Waals surface area contributed by atoms with Crippen LogP contribution in [0.3, 0.4) is 0 Å². The van der Waals surface area contributed by atoms with Gasteiger partial charge in [-0.05, 0) is 22.6 Å². The van der Waals surface area contributed by atoms with E-state index in [1.165, 1.54) is 10.9 Å². The minimum Gasteiger partial charge on any atom is -0.297 e. The molecule has 5 heteroatoms.